The smallest absolute Gasteiger partial charge is 0.295 e. The van der Waals surface area contributed by atoms with Crippen LogP contribution in [-0.2, 0) is 20.7 Å². The van der Waals surface area contributed by atoms with Crippen molar-refractivity contribution in [3.05, 3.63) is 64.7 Å². The molecular weight excluding hydrogens is 508 g/mol. The SMILES string of the molecule is CCCCCOc1cccc([C@H]2C(=C(O)c3ccc4c(c3)C[C@@H](C)O4)C(=O)C(=O)N2CCCN2CCOCC2)c1. The van der Waals surface area contributed by atoms with Crippen LogP contribution in [0.4, 0.5) is 0 Å². The van der Waals surface area contributed by atoms with E-state index in [1.165, 1.54) is 0 Å². The molecule has 0 aliphatic carbocycles. The molecule has 1 amide bonds. The van der Waals surface area contributed by atoms with E-state index in [4.69, 9.17) is 14.2 Å². The number of fused-ring (bicyclic) bond motifs is 1. The maximum absolute atomic E-state index is 13.5. The molecule has 1 N–H and O–H groups in total. The maximum Gasteiger partial charge on any atom is 0.295 e. The third kappa shape index (κ3) is 6.18. The lowest BCUT2D eigenvalue weighted by atomic mass is 9.94. The van der Waals surface area contributed by atoms with Crippen LogP contribution in [0.3, 0.4) is 0 Å². The van der Waals surface area contributed by atoms with E-state index in [0.29, 0.717) is 44.1 Å². The van der Waals surface area contributed by atoms with E-state index in [2.05, 4.69) is 11.8 Å². The quantitative estimate of drug-likeness (QED) is 0.188. The molecule has 0 bridgehead atoms. The molecule has 214 valence electrons. The molecule has 2 atom stereocenters. The van der Waals surface area contributed by atoms with Gasteiger partial charge in [-0.3, -0.25) is 14.5 Å². The minimum absolute atomic E-state index is 0.0597. The molecule has 0 saturated carbocycles. The molecular formula is C32H40N2O6. The number of morpholine rings is 1. The Bertz CT molecular complexity index is 1250. The van der Waals surface area contributed by atoms with Gasteiger partial charge in [0.25, 0.3) is 11.7 Å². The first kappa shape index (κ1) is 28.2. The van der Waals surface area contributed by atoms with Gasteiger partial charge in [0.2, 0.25) is 0 Å². The van der Waals surface area contributed by atoms with Gasteiger partial charge >= 0.3 is 0 Å². The Balaban J connectivity index is 1.46. The molecule has 0 radical (unpaired) electrons. The minimum atomic E-state index is -0.702. The summed E-state index contributed by atoms with van der Waals surface area (Å²) in [5.74, 6) is 0.0816. The average molecular weight is 549 g/mol. The highest BCUT2D eigenvalue weighted by atomic mass is 16.5. The first-order valence-electron chi connectivity index (χ1n) is 14.6. The van der Waals surface area contributed by atoms with Crippen molar-refractivity contribution in [2.75, 3.05) is 46.0 Å². The standard InChI is InChI=1S/C32H40N2O6/c1-3-4-5-16-39-26-9-6-8-23(21-26)29-28(30(35)24-10-11-27-25(20-24)19-22(2)40-27)31(36)32(37)34(29)13-7-12-33-14-17-38-18-15-33/h6,8-11,20-22,29,35H,3-5,7,12-19H2,1-2H3/t22-,29+/m1/s1. The van der Waals surface area contributed by atoms with E-state index in [1.54, 1.807) is 11.0 Å². The van der Waals surface area contributed by atoms with Crippen molar-refractivity contribution in [3.63, 3.8) is 0 Å². The lowest BCUT2D eigenvalue weighted by Crippen LogP contribution is -2.38. The molecule has 3 aliphatic rings. The van der Waals surface area contributed by atoms with Gasteiger partial charge in [-0.2, -0.15) is 0 Å². The van der Waals surface area contributed by atoms with Gasteiger partial charge < -0.3 is 24.2 Å². The Kier molecular flexibility index (Phi) is 9.07. The van der Waals surface area contributed by atoms with Crippen molar-refractivity contribution in [1.29, 1.82) is 0 Å². The lowest BCUT2D eigenvalue weighted by Gasteiger charge is -2.29. The number of amides is 1. The third-order valence-electron chi connectivity index (χ3n) is 7.88. The van der Waals surface area contributed by atoms with E-state index in [0.717, 1.165) is 62.2 Å². The lowest BCUT2D eigenvalue weighted by molar-refractivity contribution is -0.140. The number of ketones is 1. The average Bonchev–Trinajstić information content (AvgIpc) is 3.46. The summed E-state index contributed by atoms with van der Waals surface area (Å²) in [5, 5.41) is 11.5. The number of ether oxygens (including phenoxy) is 3. The summed E-state index contributed by atoms with van der Waals surface area (Å²) < 4.78 is 17.3. The summed E-state index contributed by atoms with van der Waals surface area (Å²) in [4.78, 5) is 30.9. The number of hydrogen-bond donors (Lipinski definition) is 1. The molecule has 3 heterocycles. The van der Waals surface area contributed by atoms with Crippen LogP contribution in [0.1, 0.15) is 62.3 Å². The molecule has 40 heavy (non-hydrogen) atoms. The molecule has 8 nitrogen and oxygen atoms in total. The fraction of sp³-hybridized carbons (Fsp3) is 0.500. The molecule has 0 aromatic heterocycles. The fourth-order valence-electron chi connectivity index (χ4n) is 5.79. The normalized spacial score (nSPS) is 22.4. The highest BCUT2D eigenvalue weighted by Crippen LogP contribution is 2.41. The summed E-state index contributed by atoms with van der Waals surface area (Å²) in [7, 11) is 0. The van der Waals surface area contributed by atoms with Gasteiger partial charge in [0.15, 0.2) is 0 Å². The van der Waals surface area contributed by atoms with Gasteiger partial charge in [0, 0.05) is 38.2 Å². The molecule has 2 aromatic rings. The second kappa shape index (κ2) is 12.9. The number of Topliss-reactive ketones (excluding diaryl/α,β-unsaturated/α-hetero) is 1. The summed E-state index contributed by atoms with van der Waals surface area (Å²) >= 11 is 0. The van der Waals surface area contributed by atoms with Gasteiger partial charge in [-0.25, -0.2) is 0 Å². The van der Waals surface area contributed by atoms with Gasteiger partial charge in [0.1, 0.15) is 23.4 Å². The Morgan fingerprint density at radius 2 is 1.88 bits per heavy atom. The van der Waals surface area contributed by atoms with Crippen LogP contribution in [-0.4, -0.2) is 78.7 Å². The zero-order valence-electron chi connectivity index (χ0n) is 23.6. The van der Waals surface area contributed by atoms with Crippen molar-refractivity contribution in [2.24, 2.45) is 0 Å². The van der Waals surface area contributed by atoms with Crippen molar-refractivity contribution in [2.45, 2.75) is 58.1 Å². The topological polar surface area (TPSA) is 88.5 Å². The van der Waals surface area contributed by atoms with Crippen LogP contribution >= 0.6 is 0 Å². The predicted octanol–water partition coefficient (Wildman–Crippen LogP) is 4.72. The van der Waals surface area contributed by atoms with Gasteiger partial charge in [-0.05, 0) is 61.2 Å². The molecule has 0 spiro atoms. The number of benzene rings is 2. The molecule has 0 unspecified atom stereocenters. The minimum Gasteiger partial charge on any atom is -0.507 e. The molecule has 2 saturated heterocycles. The number of likely N-dealkylation sites (tertiary alicyclic amines) is 1. The van der Waals surface area contributed by atoms with Crippen LogP contribution < -0.4 is 9.47 Å². The summed E-state index contributed by atoms with van der Waals surface area (Å²) in [6.07, 6.45) is 4.66. The van der Waals surface area contributed by atoms with Crippen molar-refractivity contribution < 1.29 is 28.9 Å². The molecule has 3 aliphatic heterocycles. The zero-order chi connectivity index (χ0) is 28.1. The van der Waals surface area contributed by atoms with Crippen LogP contribution in [0.25, 0.3) is 5.76 Å². The summed E-state index contributed by atoms with van der Waals surface area (Å²) in [6, 6.07) is 12.3. The number of aliphatic hydroxyl groups is 1. The van der Waals surface area contributed by atoms with E-state index in [1.807, 2.05) is 43.3 Å². The number of hydrogen-bond acceptors (Lipinski definition) is 7. The van der Waals surface area contributed by atoms with Crippen LogP contribution in [0.5, 0.6) is 11.5 Å². The van der Waals surface area contributed by atoms with Gasteiger partial charge in [0.05, 0.1) is 31.4 Å². The van der Waals surface area contributed by atoms with Crippen LogP contribution in [0, 0.1) is 0 Å². The summed E-state index contributed by atoms with van der Waals surface area (Å²) in [5.41, 5.74) is 2.36. The largest absolute Gasteiger partial charge is 0.507 e. The Hall–Kier alpha value is -3.36. The highest BCUT2D eigenvalue weighted by Gasteiger charge is 2.46. The molecule has 5 rings (SSSR count). The number of rotatable bonds is 11. The second-order valence-electron chi connectivity index (χ2n) is 10.9. The predicted molar refractivity (Wildman–Crippen MR) is 153 cm³/mol. The number of carbonyl (C=O) groups excluding carboxylic acids is 2. The first-order chi connectivity index (χ1) is 19.5. The Labute approximate surface area is 236 Å². The zero-order valence-corrected chi connectivity index (χ0v) is 23.6. The van der Waals surface area contributed by atoms with Crippen LogP contribution in [0.2, 0.25) is 0 Å². The molecule has 8 heteroatoms. The Morgan fingerprint density at radius 1 is 1.05 bits per heavy atom. The second-order valence-corrected chi connectivity index (χ2v) is 10.9. The van der Waals surface area contributed by atoms with E-state index >= 15 is 0 Å². The van der Waals surface area contributed by atoms with Crippen molar-refractivity contribution in [3.8, 4) is 11.5 Å². The maximum atomic E-state index is 13.5. The number of unbranched alkanes of at least 4 members (excludes halogenated alkanes) is 2. The molecule has 2 fully saturated rings. The monoisotopic (exact) mass is 548 g/mol. The van der Waals surface area contributed by atoms with Crippen molar-refractivity contribution in [1.82, 2.24) is 9.80 Å². The third-order valence-corrected chi connectivity index (χ3v) is 7.88. The van der Waals surface area contributed by atoms with Gasteiger partial charge in [-0.1, -0.05) is 31.9 Å². The Morgan fingerprint density at radius 3 is 2.67 bits per heavy atom. The number of carbonyl (C=O) groups is 2. The number of nitrogens with zero attached hydrogens (tertiary/aromatic N) is 2. The van der Waals surface area contributed by atoms with Crippen molar-refractivity contribution >= 4 is 17.4 Å². The van der Waals surface area contributed by atoms with Gasteiger partial charge in [-0.15, -0.1) is 0 Å². The van der Waals surface area contributed by atoms with E-state index < -0.39 is 17.7 Å². The molecule has 2 aromatic carbocycles. The fourth-order valence-corrected chi connectivity index (χ4v) is 5.79. The number of aliphatic hydroxyl groups excluding tert-OH is 1. The van der Waals surface area contributed by atoms with Crippen LogP contribution in [0.15, 0.2) is 48.0 Å². The first-order valence-corrected chi connectivity index (χ1v) is 14.6. The highest BCUT2D eigenvalue weighted by molar-refractivity contribution is 6.46. The van der Waals surface area contributed by atoms with E-state index in [9.17, 15) is 14.7 Å². The van der Waals surface area contributed by atoms with E-state index in [-0.39, 0.29) is 17.4 Å². The summed E-state index contributed by atoms with van der Waals surface area (Å²) in [6.45, 7) is 9.10.